The Kier molecular flexibility index (Phi) is 7.76. The molecule has 5 nitrogen and oxygen atoms in total. The first-order valence-corrected chi connectivity index (χ1v) is 8.24. The Morgan fingerprint density at radius 3 is 1.89 bits per heavy atom. The third kappa shape index (κ3) is 5.98. The average Bonchev–Trinajstić information content (AvgIpc) is 2.30. The highest BCUT2D eigenvalue weighted by Crippen LogP contribution is 2.47. The number of carbonyl (C=O) groups is 1. The monoisotopic (exact) mass is 280 g/mol. The molecule has 0 unspecified atom stereocenters. The smallest absolute Gasteiger partial charge is 0.326 e. The molecule has 0 rings (SSSR count). The molecule has 0 fully saturated rings. The molecule has 2 N–H and O–H groups in total. The average molecular weight is 280 g/mol. The van der Waals surface area contributed by atoms with E-state index in [1.165, 1.54) is 7.11 Å². The van der Waals surface area contributed by atoms with Crippen molar-refractivity contribution in [2.24, 2.45) is 5.41 Å². The highest BCUT2D eigenvalue weighted by molar-refractivity contribution is 7.51. The minimum atomic E-state index is -4.24. The third-order valence-corrected chi connectivity index (χ3v) is 4.16. The van der Waals surface area contributed by atoms with Crippen LogP contribution in [0.15, 0.2) is 0 Å². The standard InChI is InChI=1S/C12H25O5P/c1-4-6-8-12(9-7-5-2,11(13)17-3)10-18(14,15)16/h4-10H2,1-3H3,(H2,14,15,16). The van der Waals surface area contributed by atoms with Gasteiger partial charge in [-0.25, -0.2) is 0 Å². The Balaban J connectivity index is 5.10. The van der Waals surface area contributed by atoms with Gasteiger partial charge < -0.3 is 14.5 Å². The molecular formula is C12H25O5P. The normalized spacial score (nSPS) is 12.5. The minimum Gasteiger partial charge on any atom is -0.469 e. The largest absolute Gasteiger partial charge is 0.469 e. The molecule has 0 spiro atoms. The lowest BCUT2D eigenvalue weighted by molar-refractivity contribution is -0.152. The van der Waals surface area contributed by atoms with Crippen molar-refractivity contribution in [3.8, 4) is 0 Å². The fourth-order valence-corrected chi connectivity index (χ4v) is 3.43. The Labute approximate surface area is 109 Å². The number of unbranched alkanes of at least 4 members (excludes halogenated alkanes) is 2. The second-order valence-electron chi connectivity index (χ2n) is 4.80. The molecule has 0 saturated carbocycles. The van der Waals surface area contributed by atoms with Crippen LogP contribution in [0.2, 0.25) is 0 Å². The van der Waals surface area contributed by atoms with Gasteiger partial charge in [-0.2, -0.15) is 0 Å². The molecule has 0 amide bonds. The predicted octanol–water partition coefficient (Wildman–Crippen LogP) is 2.70. The summed E-state index contributed by atoms with van der Waals surface area (Å²) in [6.07, 6.45) is 3.82. The van der Waals surface area contributed by atoms with Crippen molar-refractivity contribution < 1.29 is 23.9 Å². The van der Waals surface area contributed by atoms with Crippen LogP contribution in [0.1, 0.15) is 52.4 Å². The molecule has 0 aliphatic rings. The van der Waals surface area contributed by atoms with E-state index >= 15 is 0 Å². The summed E-state index contributed by atoms with van der Waals surface area (Å²) in [5, 5.41) is 0. The lowest BCUT2D eigenvalue weighted by Gasteiger charge is -2.31. The van der Waals surface area contributed by atoms with Crippen LogP contribution in [0.4, 0.5) is 0 Å². The first-order valence-electron chi connectivity index (χ1n) is 6.44. The van der Waals surface area contributed by atoms with Crippen LogP contribution >= 0.6 is 7.60 Å². The maximum Gasteiger partial charge on any atom is 0.326 e. The molecule has 6 heteroatoms. The number of esters is 1. The zero-order valence-corrected chi connectivity index (χ0v) is 12.4. The molecule has 18 heavy (non-hydrogen) atoms. The summed E-state index contributed by atoms with van der Waals surface area (Å²) in [7, 11) is -2.96. The van der Waals surface area contributed by atoms with Gasteiger partial charge in [-0.15, -0.1) is 0 Å². The topological polar surface area (TPSA) is 83.8 Å². The summed E-state index contributed by atoms with van der Waals surface area (Å²) in [5.41, 5.74) is -1.03. The van der Waals surface area contributed by atoms with Gasteiger partial charge in [-0.1, -0.05) is 39.5 Å². The van der Waals surface area contributed by atoms with E-state index in [9.17, 15) is 19.1 Å². The number of methoxy groups -OCH3 is 1. The van der Waals surface area contributed by atoms with Crippen LogP contribution in [0, 0.1) is 5.41 Å². The number of ether oxygens (including phenoxy) is 1. The van der Waals surface area contributed by atoms with Crippen molar-refractivity contribution in [1.82, 2.24) is 0 Å². The van der Waals surface area contributed by atoms with E-state index in [-0.39, 0.29) is 0 Å². The zero-order chi connectivity index (χ0) is 14.2. The second kappa shape index (κ2) is 7.93. The molecule has 0 aliphatic carbocycles. The van der Waals surface area contributed by atoms with Gasteiger partial charge in [0.15, 0.2) is 0 Å². The molecule has 0 atom stereocenters. The Morgan fingerprint density at radius 2 is 1.61 bits per heavy atom. The number of carbonyl (C=O) groups excluding carboxylic acids is 1. The van der Waals surface area contributed by atoms with Gasteiger partial charge in [0, 0.05) is 0 Å². The molecule has 0 aliphatic heterocycles. The third-order valence-electron chi connectivity index (χ3n) is 3.14. The van der Waals surface area contributed by atoms with Crippen molar-refractivity contribution in [2.75, 3.05) is 13.3 Å². The van der Waals surface area contributed by atoms with E-state index in [2.05, 4.69) is 0 Å². The number of rotatable bonds is 9. The van der Waals surface area contributed by atoms with Gasteiger partial charge in [0.1, 0.15) is 0 Å². The Bertz CT molecular complexity index is 289. The van der Waals surface area contributed by atoms with Crippen LogP contribution in [0.3, 0.4) is 0 Å². The van der Waals surface area contributed by atoms with Crippen LogP contribution < -0.4 is 0 Å². The Hall–Kier alpha value is -0.380. The molecule has 108 valence electrons. The SMILES string of the molecule is CCCCC(CCCC)(CP(=O)(O)O)C(=O)OC. The molecule has 0 saturated heterocycles. The van der Waals surface area contributed by atoms with Crippen molar-refractivity contribution in [3.63, 3.8) is 0 Å². The van der Waals surface area contributed by atoms with Crippen LogP contribution in [0.25, 0.3) is 0 Å². The molecular weight excluding hydrogens is 255 g/mol. The van der Waals surface area contributed by atoms with E-state index in [0.717, 1.165) is 25.7 Å². The predicted molar refractivity (Wildman–Crippen MR) is 70.4 cm³/mol. The van der Waals surface area contributed by atoms with Crippen molar-refractivity contribution in [2.45, 2.75) is 52.4 Å². The van der Waals surface area contributed by atoms with Gasteiger partial charge in [0.2, 0.25) is 0 Å². The quantitative estimate of drug-likeness (QED) is 0.501. The highest BCUT2D eigenvalue weighted by Gasteiger charge is 2.43. The lowest BCUT2D eigenvalue weighted by atomic mass is 9.80. The zero-order valence-electron chi connectivity index (χ0n) is 11.5. The molecule has 0 bridgehead atoms. The summed E-state index contributed by atoms with van der Waals surface area (Å²) in [4.78, 5) is 30.4. The summed E-state index contributed by atoms with van der Waals surface area (Å²) in [6, 6.07) is 0. The highest BCUT2D eigenvalue weighted by atomic mass is 31.2. The summed E-state index contributed by atoms with van der Waals surface area (Å²) < 4.78 is 16.1. The van der Waals surface area contributed by atoms with E-state index in [0.29, 0.717) is 12.8 Å². The minimum absolute atomic E-state index is 0.410. The van der Waals surface area contributed by atoms with Gasteiger partial charge in [-0.3, -0.25) is 9.36 Å². The molecule has 0 radical (unpaired) electrons. The first-order chi connectivity index (χ1) is 8.31. The maximum atomic E-state index is 12.0. The van der Waals surface area contributed by atoms with Gasteiger partial charge >= 0.3 is 13.6 Å². The maximum absolute atomic E-state index is 12.0. The Morgan fingerprint density at radius 1 is 1.17 bits per heavy atom. The van der Waals surface area contributed by atoms with E-state index in [4.69, 9.17) is 4.74 Å². The van der Waals surface area contributed by atoms with Crippen LogP contribution in [0.5, 0.6) is 0 Å². The lowest BCUT2D eigenvalue weighted by Crippen LogP contribution is -2.36. The van der Waals surface area contributed by atoms with Crippen molar-refractivity contribution >= 4 is 13.6 Å². The summed E-state index contributed by atoms with van der Waals surface area (Å²) >= 11 is 0. The number of hydrogen-bond acceptors (Lipinski definition) is 3. The van der Waals surface area contributed by atoms with Crippen LogP contribution in [-0.2, 0) is 14.1 Å². The van der Waals surface area contributed by atoms with Crippen molar-refractivity contribution in [1.29, 1.82) is 0 Å². The second-order valence-corrected chi connectivity index (χ2v) is 6.45. The van der Waals surface area contributed by atoms with Gasteiger partial charge in [0.05, 0.1) is 18.7 Å². The fourth-order valence-electron chi connectivity index (χ4n) is 2.19. The summed E-state index contributed by atoms with van der Waals surface area (Å²) in [5.74, 6) is -0.493. The fraction of sp³-hybridized carbons (Fsp3) is 0.917. The van der Waals surface area contributed by atoms with E-state index in [1.807, 2.05) is 13.8 Å². The van der Waals surface area contributed by atoms with Gasteiger partial charge in [-0.05, 0) is 12.8 Å². The van der Waals surface area contributed by atoms with Crippen molar-refractivity contribution in [3.05, 3.63) is 0 Å². The first kappa shape index (κ1) is 17.6. The van der Waals surface area contributed by atoms with Gasteiger partial charge in [0.25, 0.3) is 0 Å². The molecule has 0 aromatic heterocycles. The van der Waals surface area contributed by atoms with E-state index in [1.54, 1.807) is 0 Å². The summed E-state index contributed by atoms with van der Waals surface area (Å²) in [6.45, 7) is 3.97. The molecule has 0 aromatic carbocycles. The molecule has 0 heterocycles. The molecule has 0 aromatic rings. The van der Waals surface area contributed by atoms with Crippen LogP contribution in [-0.4, -0.2) is 29.0 Å². The number of hydrogen-bond donors (Lipinski definition) is 2. The van der Waals surface area contributed by atoms with E-state index < -0.39 is 25.1 Å².